The zero-order valence-electron chi connectivity index (χ0n) is 15.6. The normalized spacial score (nSPS) is 18.4. The molecule has 144 valence electrons. The van der Waals surface area contributed by atoms with Gasteiger partial charge in [0.15, 0.2) is 0 Å². The van der Waals surface area contributed by atoms with Crippen molar-refractivity contribution in [3.63, 3.8) is 0 Å². The third-order valence-electron chi connectivity index (χ3n) is 4.83. The van der Waals surface area contributed by atoms with Crippen LogP contribution in [0.1, 0.15) is 48.2 Å². The average Bonchev–Trinajstić information content (AvgIpc) is 3.13. The number of benzene rings is 1. The van der Waals surface area contributed by atoms with E-state index in [1.165, 1.54) is 11.1 Å². The minimum atomic E-state index is -0.527. The minimum absolute atomic E-state index is 0.200. The fourth-order valence-electron chi connectivity index (χ4n) is 3.50. The molecule has 0 saturated carbocycles. The first-order valence-electron chi connectivity index (χ1n) is 9.30. The molecule has 27 heavy (non-hydrogen) atoms. The van der Waals surface area contributed by atoms with Crippen LogP contribution in [-0.2, 0) is 27.1 Å². The van der Waals surface area contributed by atoms with Gasteiger partial charge in [-0.25, -0.2) is 14.4 Å². The van der Waals surface area contributed by atoms with Crippen molar-refractivity contribution in [2.45, 2.75) is 45.6 Å². The average molecular weight is 372 g/mol. The first-order chi connectivity index (χ1) is 13.0. The van der Waals surface area contributed by atoms with Gasteiger partial charge in [0.2, 0.25) is 0 Å². The van der Waals surface area contributed by atoms with E-state index in [0.29, 0.717) is 17.6 Å². The van der Waals surface area contributed by atoms with Crippen LogP contribution in [0.4, 0.5) is 4.79 Å². The van der Waals surface area contributed by atoms with Gasteiger partial charge in [0.1, 0.15) is 6.61 Å². The van der Waals surface area contributed by atoms with Crippen LogP contribution in [-0.4, -0.2) is 37.2 Å². The third-order valence-corrected chi connectivity index (χ3v) is 4.83. The fourth-order valence-corrected chi connectivity index (χ4v) is 3.50. The van der Waals surface area contributed by atoms with Crippen LogP contribution in [0.15, 0.2) is 29.5 Å². The van der Waals surface area contributed by atoms with Gasteiger partial charge in [0.05, 0.1) is 29.5 Å². The summed E-state index contributed by atoms with van der Waals surface area (Å²) in [6.45, 7) is 3.58. The maximum atomic E-state index is 12.4. The van der Waals surface area contributed by atoms with Crippen molar-refractivity contribution in [1.29, 1.82) is 0 Å². The van der Waals surface area contributed by atoms with E-state index in [1.807, 2.05) is 19.1 Å². The van der Waals surface area contributed by atoms with Gasteiger partial charge in [-0.15, -0.1) is 0 Å². The van der Waals surface area contributed by atoms with E-state index >= 15 is 0 Å². The van der Waals surface area contributed by atoms with E-state index < -0.39 is 24.0 Å². The summed E-state index contributed by atoms with van der Waals surface area (Å²) in [4.78, 5) is 36.6. The second kappa shape index (κ2) is 8.24. The first kappa shape index (κ1) is 18.9. The molecule has 7 nitrogen and oxygen atoms in total. The number of nitrogens with one attached hydrogen (secondary N) is 2. The van der Waals surface area contributed by atoms with E-state index in [0.717, 1.165) is 19.3 Å². The molecule has 1 atom stereocenters. The molecule has 0 fully saturated rings. The number of urea groups is 1. The number of aryl methyl sites for hydroxylation is 2. The predicted octanol–water partition coefficient (Wildman–Crippen LogP) is 2.24. The van der Waals surface area contributed by atoms with E-state index in [4.69, 9.17) is 9.47 Å². The Kier molecular flexibility index (Phi) is 5.78. The topological polar surface area (TPSA) is 93.7 Å². The molecule has 7 heteroatoms. The summed E-state index contributed by atoms with van der Waals surface area (Å²) < 4.78 is 10.5. The van der Waals surface area contributed by atoms with Crippen molar-refractivity contribution in [3.8, 4) is 0 Å². The van der Waals surface area contributed by atoms with Crippen LogP contribution in [0.25, 0.3) is 0 Å². The lowest BCUT2D eigenvalue weighted by molar-refractivity contribution is -0.139. The van der Waals surface area contributed by atoms with E-state index in [1.54, 1.807) is 13.0 Å². The number of esters is 2. The molecule has 1 aromatic carbocycles. The molecule has 0 bridgehead atoms. The van der Waals surface area contributed by atoms with Crippen molar-refractivity contribution in [2.75, 3.05) is 13.2 Å². The second-order valence-corrected chi connectivity index (χ2v) is 6.59. The molecule has 1 aliphatic carbocycles. The molecule has 1 aliphatic heterocycles. The van der Waals surface area contributed by atoms with Gasteiger partial charge < -0.3 is 20.1 Å². The molecule has 0 radical (unpaired) electrons. The van der Waals surface area contributed by atoms with Crippen LogP contribution in [0.2, 0.25) is 0 Å². The lowest BCUT2D eigenvalue weighted by Gasteiger charge is -2.28. The van der Waals surface area contributed by atoms with Gasteiger partial charge in [-0.2, -0.15) is 0 Å². The van der Waals surface area contributed by atoms with Gasteiger partial charge in [-0.05, 0) is 55.9 Å². The maximum absolute atomic E-state index is 12.4. The molecule has 2 aliphatic rings. The van der Waals surface area contributed by atoms with Gasteiger partial charge >= 0.3 is 18.0 Å². The SMILES string of the molecule is CCOC(=O)C1=C(COC(=O)c2ccc3c(c2)CCC3)NC(=O)N[C@@H]1CC. The highest BCUT2D eigenvalue weighted by molar-refractivity contribution is 5.95. The number of rotatable bonds is 6. The van der Waals surface area contributed by atoms with E-state index in [2.05, 4.69) is 10.6 Å². The predicted molar refractivity (Wildman–Crippen MR) is 98.2 cm³/mol. The lowest BCUT2D eigenvalue weighted by atomic mass is 10.0. The smallest absolute Gasteiger partial charge is 0.338 e. The quantitative estimate of drug-likeness (QED) is 0.747. The maximum Gasteiger partial charge on any atom is 0.338 e. The molecule has 0 spiro atoms. The van der Waals surface area contributed by atoms with Crippen molar-refractivity contribution in [1.82, 2.24) is 10.6 Å². The fraction of sp³-hybridized carbons (Fsp3) is 0.450. The summed E-state index contributed by atoms with van der Waals surface area (Å²) in [5.74, 6) is -1.01. The van der Waals surface area contributed by atoms with Crippen molar-refractivity contribution < 1.29 is 23.9 Å². The van der Waals surface area contributed by atoms with Crippen LogP contribution < -0.4 is 10.6 Å². The van der Waals surface area contributed by atoms with Gasteiger partial charge in [0.25, 0.3) is 0 Å². The Labute approximate surface area is 158 Å². The molecular formula is C20H24N2O5. The van der Waals surface area contributed by atoms with Crippen molar-refractivity contribution >= 4 is 18.0 Å². The van der Waals surface area contributed by atoms with Crippen LogP contribution in [0.3, 0.4) is 0 Å². The summed E-state index contributed by atoms with van der Waals surface area (Å²) in [6.07, 6.45) is 3.62. The number of fused-ring (bicyclic) bond motifs is 1. The molecule has 1 heterocycles. The van der Waals surface area contributed by atoms with Crippen LogP contribution >= 0.6 is 0 Å². The lowest BCUT2D eigenvalue weighted by Crippen LogP contribution is -2.51. The number of amides is 2. The Hall–Kier alpha value is -2.83. The highest BCUT2D eigenvalue weighted by Gasteiger charge is 2.32. The zero-order chi connectivity index (χ0) is 19.4. The Morgan fingerprint density at radius 2 is 1.89 bits per heavy atom. The van der Waals surface area contributed by atoms with Crippen LogP contribution in [0, 0.1) is 0 Å². The zero-order valence-corrected chi connectivity index (χ0v) is 15.6. The van der Waals surface area contributed by atoms with Gasteiger partial charge in [-0.1, -0.05) is 13.0 Å². The highest BCUT2D eigenvalue weighted by atomic mass is 16.5. The summed E-state index contributed by atoms with van der Waals surface area (Å²) in [7, 11) is 0. The van der Waals surface area contributed by atoms with Crippen molar-refractivity contribution in [2.24, 2.45) is 0 Å². The van der Waals surface area contributed by atoms with E-state index in [-0.39, 0.29) is 18.9 Å². The largest absolute Gasteiger partial charge is 0.463 e. The molecule has 1 aromatic rings. The summed E-state index contributed by atoms with van der Waals surface area (Å²) >= 11 is 0. The van der Waals surface area contributed by atoms with Crippen molar-refractivity contribution in [3.05, 3.63) is 46.2 Å². The Bertz CT molecular complexity index is 800. The van der Waals surface area contributed by atoms with Gasteiger partial charge in [-0.3, -0.25) is 0 Å². The number of carbonyl (C=O) groups excluding carboxylic acids is 3. The Morgan fingerprint density at radius 1 is 1.11 bits per heavy atom. The molecule has 0 saturated heterocycles. The molecular weight excluding hydrogens is 348 g/mol. The van der Waals surface area contributed by atoms with E-state index in [9.17, 15) is 14.4 Å². The summed E-state index contributed by atoms with van der Waals surface area (Å²) in [5, 5.41) is 5.25. The molecule has 3 rings (SSSR count). The molecule has 2 N–H and O–H groups in total. The summed E-state index contributed by atoms with van der Waals surface area (Å²) in [5.41, 5.74) is 3.48. The molecule has 0 unspecified atom stereocenters. The monoisotopic (exact) mass is 372 g/mol. The minimum Gasteiger partial charge on any atom is -0.463 e. The first-order valence-corrected chi connectivity index (χ1v) is 9.30. The Morgan fingerprint density at radius 3 is 2.63 bits per heavy atom. The highest BCUT2D eigenvalue weighted by Crippen LogP contribution is 2.23. The standard InChI is InChI=1S/C20H24N2O5/c1-3-15-17(19(24)26-4-2)16(22-20(25)21-15)11-27-18(23)14-9-8-12-6-5-7-13(12)10-14/h8-10,15H,3-7,11H2,1-2H3,(H2,21,22,25)/t15-/m1/s1. The van der Waals surface area contributed by atoms with Gasteiger partial charge in [0, 0.05) is 0 Å². The second-order valence-electron chi connectivity index (χ2n) is 6.59. The number of carbonyl (C=O) groups is 3. The number of hydrogen-bond acceptors (Lipinski definition) is 5. The Balaban J connectivity index is 1.77. The summed E-state index contributed by atoms with van der Waals surface area (Å²) in [6, 6.07) is 4.66. The van der Waals surface area contributed by atoms with Crippen LogP contribution in [0.5, 0.6) is 0 Å². The number of hydrogen-bond donors (Lipinski definition) is 2. The number of ether oxygens (including phenoxy) is 2. The molecule has 2 amide bonds. The third kappa shape index (κ3) is 4.13. The molecule has 0 aromatic heterocycles.